The van der Waals surface area contributed by atoms with Gasteiger partial charge < -0.3 is 9.26 Å². The second-order valence-corrected chi connectivity index (χ2v) is 5.92. The molecular weight excluding hydrogens is 340 g/mol. The summed E-state index contributed by atoms with van der Waals surface area (Å²) < 4.78 is 10.3. The van der Waals surface area contributed by atoms with Gasteiger partial charge in [-0.05, 0) is 36.2 Å². The van der Waals surface area contributed by atoms with Gasteiger partial charge in [-0.15, -0.1) is 0 Å². The minimum atomic E-state index is -0.130. The minimum absolute atomic E-state index is 0.130. The van der Waals surface area contributed by atoms with E-state index in [-0.39, 0.29) is 5.91 Å². The van der Waals surface area contributed by atoms with Gasteiger partial charge in [0, 0.05) is 23.1 Å². The lowest BCUT2D eigenvalue weighted by Crippen LogP contribution is -2.11. The van der Waals surface area contributed by atoms with Gasteiger partial charge in [-0.1, -0.05) is 41.0 Å². The lowest BCUT2D eigenvalue weighted by Gasteiger charge is -2.03. The number of aromatic nitrogens is 1. The third kappa shape index (κ3) is 4.61. The number of amides is 1. The van der Waals surface area contributed by atoms with Gasteiger partial charge in [0.2, 0.25) is 11.8 Å². The fraction of sp³-hybridized carbons (Fsp3) is 0.158. The monoisotopic (exact) mass is 356 g/mol. The zero-order chi connectivity index (χ0) is 17.6. The molecule has 0 aliphatic carbocycles. The summed E-state index contributed by atoms with van der Waals surface area (Å²) in [6.07, 6.45) is 0.983. The highest BCUT2D eigenvalue weighted by atomic mass is 35.5. The van der Waals surface area contributed by atoms with Crippen LogP contribution in [0.3, 0.4) is 0 Å². The van der Waals surface area contributed by atoms with Crippen molar-refractivity contribution in [2.45, 2.75) is 12.8 Å². The first-order chi connectivity index (χ1) is 12.1. The molecule has 3 aromatic rings. The van der Waals surface area contributed by atoms with Gasteiger partial charge in [0.25, 0.3) is 0 Å². The molecular formula is C19H17ClN2O3. The first kappa shape index (κ1) is 17.0. The molecule has 1 heterocycles. The van der Waals surface area contributed by atoms with Crippen LogP contribution >= 0.6 is 11.6 Å². The second-order valence-electron chi connectivity index (χ2n) is 5.48. The topological polar surface area (TPSA) is 64.4 Å². The van der Waals surface area contributed by atoms with Crippen molar-refractivity contribution in [1.29, 1.82) is 0 Å². The summed E-state index contributed by atoms with van der Waals surface area (Å²) in [6.45, 7) is 0. The highest BCUT2D eigenvalue weighted by Gasteiger charge is 2.10. The highest BCUT2D eigenvalue weighted by Crippen LogP contribution is 2.23. The molecule has 0 spiro atoms. The van der Waals surface area contributed by atoms with Crippen LogP contribution in [0.15, 0.2) is 59.1 Å². The maximum Gasteiger partial charge on any atom is 0.231 e. The van der Waals surface area contributed by atoms with E-state index in [9.17, 15) is 4.79 Å². The number of ether oxygens (including phenoxy) is 1. The number of hydrogen-bond donors (Lipinski definition) is 1. The Morgan fingerprint density at radius 3 is 2.56 bits per heavy atom. The van der Waals surface area contributed by atoms with Crippen molar-refractivity contribution in [3.63, 3.8) is 0 Å². The van der Waals surface area contributed by atoms with Crippen LogP contribution in [0.4, 0.5) is 5.88 Å². The molecule has 1 N–H and O–H groups in total. The van der Waals surface area contributed by atoms with Gasteiger partial charge in [-0.25, -0.2) is 0 Å². The summed E-state index contributed by atoms with van der Waals surface area (Å²) in [6, 6.07) is 16.6. The molecule has 0 saturated heterocycles. The Hall–Kier alpha value is -2.79. The Kier molecular flexibility index (Phi) is 5.36. The van der Waals surface area contributed by atoms with Crippen LogP contribution in [0.2, 0.25) is 5.02 Å². The number of halogens is 1. The number of hydrogen-bond acceptors (Lipinski definition) is 4. The highest BCUT2D eigenvalue weighted by molar-refractivity contribution is 6.30. The zero-order valence-corrected chi connectivity index (χ0v) is 14.4. The Bertz CT molecular complexity index is 842. The van der Waals surface area contributed by atoms with Crippen LogP contribution in [0, 0.1) is 0 Å². The number of methoxy groups -OCH3 is 1. The molecule has 0 saturated carbocycles. The molecule has 0 aliphatic rings. The van der Waals surface area contributed by atoms with Crippen LogP contribution in [-0.4, -0.2) is 18.2 Å². The standard InChI is InChI=1S/C19H17ClN2O3/c1-24-16-9-2-13(3-10-16)4-11-18(23)21-19-12-17(22-25-19)14-5-7-15(20)8-6-14/h2-3,5-10,12H,4,11H2,1H3,(H,21,23). The van der Waals surface area contributed by atoms with Gasteiger partial charge in [-0.2, -0.15) is 0 Å². The smallest absolute Gasteiger partial charge is 0.231 e. The van der Waals surface area contributed by atoms with E-state index in [1.54, 1.807) is 25.3 Å². The van der Waals surface area contributed by atoms with Crippen molar-refractivity contribution in [3.05, 3.63) is 65.2 Å². The molecule has 0 atom stereocenters. The third-order valence-electron chi connectivity index (χ3n) is 3.71. The van der Waals surface area contributed by atoms with Crippen molar-refractivity contribution >= 4 is 23.4 Å². The van der Waals surface area contributed by atoms with E-state index in [0.29, 0.717) is 29.4 Å². The summed E-state index contributed by atoms with van der Waals surface area (Å²) in [5.74, 6) is 0.990. The van der Waals surface area contributed by atoms with E-state index in [0.717, 1.165) is 16.9 Å². The average molecular weight is 357 g/mol. The fourth-order valence-corrected chi connectivity index (χ4v) is 2.47. The number of rotatable bonds is 6. The third-order valence-corrected chi connectivity index (χ3v) is 3.96. The lowest BCUT2D eigenvalue weighted by molar-refractivity contribution is -0.116. The fourth-order valence-electron chi connectivity index (χ4n) is 2.34. The van der Waals surface area contributed by atoms with E-state index < -0.39 is 0 Å². The molecule has 2 aromatic carbocycles. The van der Waals surface area contributed by atoms with Gasteiger partial charge in [0.1, 0.15) is 11.4 Å². The molecule has 0 bridgehead atoms. The predicted molar refractivity (Wildman–Crippen MR) is 96.9 cm³/mol. The van der Waals surface area contributed by atoms with Crippen LogP contribution < -0.4 is 10.1 Å². The largest absolute Gasteiger partial charge is 0.497 e. The Morgan fingerprint density at radius 1 is 1.16 bits per heavy atom. The zero-order valence-electron chi connectivity index (χ0n) is 13.7. The van der Waals surface area contributed by atoms with Crippen molar-refractivity contribution in [2.75, 3.05) is 12.4 Å². The number of carbonyl (C=O) groups excluding carboxylic acids is 1. The molecule has 128 valence electrons. The SMILES string of the molecule is COc1ccc(CCC(=O)Nc2cc(-c3ccc(Cl)cc3)no2)cc1. The quantitative estimate of drug-likeness (QED) is 0.702. The Labute approximate surface area is 150 Å². The van der Waals surface area contributed by atoms with Gasteiger partial charge in [-0.3, -0.25) is 10.1 Å². The van der Waals surface area contributed by atoms with E-state index in [2.05, 4.69) is 10.5 Å². The van der Waals surface area contributed by atoms with Crippen LogP contribution in [0.5, 0.6) is 5.75 Å². The van der Waals surface area contributed by atoms with Crippen molar-refractivity contribution in [2.24, 2.45) is 0 Å². The van der Waals surface area contributed by atoms with E-state index in [1.807, 2.05) is 36.4 Å². The van der Waals surface area contributed by atoms with Crippen LogP contribution in [0.1, 0.15) is 12.0 Å². The summed E-state index contributed by atoms with van der Waals surface area (Å²) >= 11 is 5.87. The molecule has 0 radical (unpaired) electrons. The number of nitrogens with zero attached hydrogens (tertiary/aromatic N) is 1. The van der Waals surface area contributed by atoms with Crippen LogP contribution in [0.25, 0.3) is 11.3 Å². The van der Waals surface area contributed by atoms with Crippen molar-refractivity contribution in [3.8, 4) is 17.0 Å². The average Bonchev–Trinajstić information content (AvgIpc) is 3.09. The Morgan fingerprint density at radius 2 is 1.88 bits per heavy atom. The van der Waals surface area contributed by atoms with Gasteiger partial charge in [0.15, 0.2) is 0 Å². The summed E-state index contributed by atoms with van der Waals surface area (Å²) in [4.78, 5) is 12.1. The molecule has 5 nitrogen and oxygen atoms in total. The minimum Gasteiger partial charge on any atom is -0.497 e. The summed E-state index contributed by atoms with van der Waals surface area (Å²) in [5, 5.41) is 7.33. The van der Waals surface area contributed by atoms with E-state index in [4.69, 9.17) is 20.9 Å². The predicted octanol–water partition coefficient (Wildman–Crippen LogP) is 4.57. The molecule has 1 aromatic heterocycles. The van der Waals surface area contributed by atoms with Gasteiger partial charge in [0.05, 0.1) is 7.11 Å². The van der Waals surface area contributed by atoms with Crippen molar-refractivity contribution < 1.29 is 14.1 Å². The van der Waals surface area contributed by atoms with Crippen LogP contribution in [-0.2, 0) is 11.2 Å². The molecule has 1 amide bonds. The number of nitrogens with one attached hydrogen (secondary N) is 1. The maximum atomic E-state index is 12.1. The summed E-state index contributed by atoms with van der Waals surface area (Å²) in [5.41, 5.74) is 2.57. The first-order valence-electron chi connectivity index (χ1n) is 7.79. The first-order valence-corrected chi connectivity index (χ1v) is 8.17. The number of carbonyl (C=O) groups is 1. The Balaban J connectivity index is 1.55. The molecule has 3 rings (SSSR count). The number of benzene rings is 2. The number of aryl methyl sites for hydroxylation is 1. The second kappa shape index (κ2) is 7.85. The van der Waals surface area contributed by atoms with Crippen molar-refractivity contribution in [1.82, 2.24) is 5.16 Å². The molecule has 6 heteroatoms. The van der Waals surface area contributed by atoms with Gasteiger partial charge >= 0.3 is 0 Å². The molecule has 0 unspecified atom stereocenters. The number of anilines is 1. The van der Waals surface area contributed by atoms with E-state index in [1.165, 1.54) is 0 Å². The summed E-state index contributed by atoms with van der Waals surface area (Å²) in [7, 11) is 1.62. The normalized spacial score (nSPS) is 10.5. The molecule has 25 heavy (non-hydrogen) atoms. The maximum absolute atomic E-state index is 12.1. The molecule has 0 aliphatic heterocycles. The lowest BCUT2D eigenvalue weighted by atomic mass is 10.1. The van der Waals surface area contributed by atoms with E-state index >= 15 is 0 Å². The molecule has 0 fully saturated rings.